The first-order chi connectivity index (χ1) is 13.3. The smallest absolute Gasteiger partial charge is 0.253 e. The summed E-state index contributed by atoms with van der Waals surface area (Å²) in [5.74, 6) is -0.187. The number of likely N-dealkylation sites (tertiary alicyclic amines) is 1. The van der Waals surface area contributed by atoms with Gasteiger partial charge in [0.25, 0.3) is 5.91 Å². The van der Waals surface area contributed by atoms with Crippen LogP contribution in [0.25, 0.3) is 0 Å². The first kappa shape index (κ1) is 21.1. The van der Waals surface area contributed by atoms with Gasteiger partial charge >= 0.3 is 0 Å². The molecule has 2 aliphatic heterocycles. The number of piperidine rings is 1. The minimum atomic E-state index is -3.06. The van der Waals surface area contributed by atoms with Crippen molar-refractivity contribution in [2.75, 3.05) is 31.1 Å². The van der Waals surface area contributed by atoms with Gasteiger partial charge in [-0.2, -0.15) is 0 Å². The van der Waals surface area contributed by atoms with Crippen molar-refractivity contribution in [3.05, 3.63) is 34.9 Å². The second kappa shape index (κ2) is 8.82. The summed E-state index contributed by atoms with van der Waals surface area (Å²) in [6, 6.07) is 6.53. The van der Waals surface area contributed by atoms with Crippen LogP contribution >= 0.6 is 11.6 Å². The Balaban J connectivity index is 1.70. The van der Waals surface area contributed by atoms with Gasteiger partial charge in [0.15, 0.2) is 9.84 Å². The van der Waals surface area contributed by atoms with Crippen molar-refractivity contribution in [1.29, 1.82) is 0 Å². The molecule has 2 fully saturated rings. The molecule has 8 heteroatoms. The Kier molecular flexibility index (Phi) is 6.65. The van der Waals surface area contributed by atoms with Crippen LogP contribution in [-0.4, -0.2) is 67.2 Å². The Bertz CT molecular complexity index is 825. The zero-order chi connectivity index (χ0) is 20.3. The molecular formula is C20H27ClN2O4S. The molecule has 154 valence electrons. The van der Waals surface area contributed by atoms with Crippen LogP contribution in [0.15, 0.2) is 24.3 Å². The van der Waals surface area contributed by atoms with E-state index in [4.69, 9.17) is 11.6 Å². The van der Waals surface area contributed by atoms with Crippen LogP contribution in [0.3, 0.4) is 0 Å². The molecule has 2 aliphatic rings. The maximum Gasteiger partial charge on any atom is 0.253 e. The summed E-state index contributed by atoms with van der Waals surface area (Å²) in [6.45, 7) is 3.54. The highest BCUT2D eigenvalue weighted by Crippen LogP contribution is 2.25. The number of carbonyl (C=O) groups excluding carboxylic acids is 2. The van der Waals surface area contributed by atoms with Crippen LogP contribution < -0.4 is 0 Å². The average molecular weight is 427 g/mol. The minimum Gasteiger partial charge on any atom is -0.338 e. The van der Waals surface area contributed by atoms with Crippen molar-refractivity contribution in [3.63, 3.8) is 0 Å². The molecule has 1 aromatic rings. The maximum atomic E-state index is 13.2. The van der Waals surface area contributed by atoms with Gasteiger partial charge in [-0.25, -0.2) is 8.42 Å². The van der Waals surface area contributed by atoms with Crippen LogP contribution in [0, 0.1) is 5.92 Å². The molecule has 2 atom stereocenters. The van der Waals surface area contributed by atoms with Crippen LogP contribution in [0.2, 0.25) is 5.02 Å². The third-order valence-electron chi connectivity index (χ3n) is 5.55. The second-order valence-electron chi connectivity index (χ2n) is 7.69. The van der Waals surface area contributed by atoms with E-state index >= 15 is 0 Å². The van der Waals surface area contributed by atoms with Gasteiger partial charge in [-0.15, -0.1) is 0 Å². The molecule has 2 amide bonds. The zero-order valence-electron chi connectivity index (χ0n) is 16.1. The van der Waals surface area contributed by atoms with Gasteiger partial charge in [-0.05, 0) is 49.9 Å². The number of hydrogen-bond acceptors (Lipinski definition) is 4. The van der Waals surface area contributed by atoms with Crippen LogP contribution in [0.5, 0.6) is 0 Å². The highest BCUT2D eigenvalue weighted by atomic mass is 35.5. The fraction of sp³-hybridized carbons (Fsp3) is 0.600. The summed E-state index contributed by atoms with van der Waals surface area (Å²) < 4.78 is 23.7. The van der Waals surface area contributed by atoms with Crippen LogP contribution in [0.4, 0.5) is 0 Å². The number of rotatable bonds is 5. The maximum absolute atomic E-state index is 13.2. The molecule has 0 aromatic heterocycles. The molecule has 2 saturated heterocycles. The number of halogens is 1. The number of carbonyl (C=O) groups is 2. The van der Waals surface area contributed by atoms with E-state index in [0.29, 0.717) is 36.6 Å². The van der Waals surface area contributed by atoms with Crippen molar-refractivity contribution in [3.8, 4) is 0 Å². The molecule has 2 unspecified atom stereocenters. The lowest BCUT2D eigenvalue weighted by atomic mass is 9.95. The monoisotopic (exact) mass is 426 g/mol. The molecule has 3 rings (SSSR count). The van der Waals surface area contributed by atoms with Gasteiger partial charge in [0.05, 0.1) is 17.4 Å². The number of sulfone groups is 1. The van der Waals surface area contributed by atoms with E-state index in [-0.39, 0.29) is 35.3 Å². The molecule has 0 aliphatic carbocycles. The fourth-order valence-electron chi connectivity index (χ4n) is 4.11. The van der Waals surface area contributed by atoms with E-state index in [1.807, 2.05) is 6.92 Å². The Hall–Kier alpha value is -1.60. The molecule has 0 saturated carbocycles. The summed E-state index contributed by atoms with van der Waals surface area (Å²) >= 11 is 5.90. The zero-order valence-corrected chi connectivity index (χ0v) is 17.7. The standard InChI is InChI=1S/C20H27ClN2O4S/c1-2-10-23(18-9-12-28(26,27)14-18)20(25)16-4-3-11-22(13-16)19(24)15-5-7-17(21)8-6-15/h5-8,16,18H,2-4,9-14H2,1H3. The van der Waals surface area contributed by atoms with Gasteiger partial charge in [0.2, 0.25) is 5.91 Å². The fourth-order valence-corrected chi connectivity index (χ4v) is 5.96. The lowest BCUT2D eigenvalue weighted by Crippen LogP contribution is -2.50. The van der Waals surface area contributed by atoms with Gasteiger partial charge in [-0.3, -0.25) is 9.59 Å². The first-order valence-electron chi connectivity index (χ1n) is 9.86. The highest BCUT2D eigenvalue weighted by Gasteiger charge is 2.38. The molecule has 0 N–H and O–H groups in total. The Labute approximate surface area is 171 Å². The molecule has 0 radical (unpaired) electrons. The van der Waals surface area contributed by atoms with E-state index in [1.165, 1.54) is 0 Å². The number of nitrogens with zero attached hydrogens (tertiary/aromatic N) is 2. The second-order valence-corrected chi connectivity index (χ2v) is 10.4. The summed E-state index contributed by atoms with van der Waals surface area (Å²) in [7, 11) is -3.06. The lowest BCUT2D eigenvalue weighted by molar-refractivity contribution is -0.139. The van der Waals surface area contributed by atoms with Crippen molar-refractivity contribution in [2.24, 2.45) is 5.92 Å². The van der Waals surface area contributed by atoms with E-state index in [2.05, 4.69) is 0 Å². The SMILES string of the molecule is CCCN(C(=O)C1CCCN(C(=O)c2ccc(Cl)cc2)C1)C1CCS(=O)(=O)C1. The molecule has 0 spiro atoms. The molecule has 0 bridgehead atoms. The molecule has 1 aromatic carbocycles. The summed E-state index contributed by atoms with van der Waals surface area (Å²) in [4.78, 5) is 29.5. The Morgan fingerprint density at radius 2 is 1.93 bits per heavy atom. The molecule has 2 heterocycles. The minimum absolute atomic E-state index is 0.0162. The van der Waals surface area contributed by atoms with Crippen LogP contribution in [-0.2, 0) is 14.6 Å². The third-order valence-corrected chi connectivity index (χ3v) is 7.55. The van der Waals surface area contributed by atoms with Crippen molar-refractivity contribution < 1.29 is 18.0 Å². The van der Waals surface area contributed by atoms with Gasteiger partial charge in [0, 0.05) is 36.3 Å². The van der Waals surface area contributed by atoms with Crippen molar-refractivity contribution in [1.82, 2.24) is 9.80 Å². The van der Waals surface area contributed by atoms with Crippen LogP contribution in [0.1, 0.15) is 43.0 Å². The normalized spacial score (nSPS) is 24.1. The number of amides is 2. The van der Waals surface area contributed by atoms with E-state index in [9.17, 15) is 18.0 Å². The predicted molar refractivity (Wildman–Crippen MR) is 109 cm³/mol. The quantitative estimate of drug-likeness (QED) is 0.725. The third kappa shape index (κ3) is 4.87. The molecular weight excluding hydrogens is 400 g/mol. The Morgan fingerprint density at radius 3 is 2.54 bits per heavy atom. The van der Waals surface area contributed by atoms with Gasteiger partial charge in [0.1, 0.15) is 0 Å². The van der Waals surface area contributed by atoms with E-state index in [0.717, 1.165) is 19.3 Å². The lowest BCUT2D eigenvalue weighted by Gasteiger charge is -2.37. The Morgan fingerprint density at radius 1 is 1.21 bits per heavy atom. The van der Waals surface area contributed by atoms with Crippen molar-refractivity contribution in [2.45, 2.75) is 38.6 Å². The first-order valence-corrected chi connectivity index (χ1v) is 12.1. The summed E-state index contributed by atoms with van der Waals surface area (Å²) in [5, 5.41) is 0.574. The number of benzene rings is 1. The van der Waals surface area contributed by atoms with Gasteiger partial charge in [-0.1, -0.05) is 18.5 Å². The predicted octanol–water partition coefficient (Wildman–Crippen LogP) is 2.62. The largest absolute Gasteiger partial charge is 0.338 e. The number of hydrogen-bond donors (Lipinski definition) is 0. The average Bonchev–Trinajstić information content (AvgIpc) is 3.05. The molecule has 6 nitrogen and oxygen atoms in total. The van der Waals surface area contributed by atoms with Crippen molar-refractivity contribution >= 4 is 33.3 Å². The van der Waals surface area contributed by atoms with Gasteiger partial charge < -0.3 is 9.80 Å². The van der Waals surface area contributed by atoms with E-state index in [1.54, 1.807) is 34.1 Å². The van der Waals surface area contributed by atoms with E-state index < -0.39 is 9.84 Å². The summed E-state index contributed by atoms with van der Waals surface area (Å²) in [6.07, 6.45) is 2.78. The summed E-state index contributed by atoms with van der Waals surface area (Å²) in [5.41, 5.74) is 0.560. The highest BCUT2D eigenvalue weighted by molar-refractivity contribution is 7.91. The topological polar surface area (TPSA) is 74.8 Å². The molecule has 28 heavy (non-hydrogen) atoms.